The van der Waals surface area contributed by atoms with Crippen molar-refractivity contribution in [2.75, 3.05) is 89.0 Å². The lowest BCUT2D eigenvalue weighted by Gasteiger charge is -2.35. The van der Waals surface area contributed by atoms with Crippen LogP contribution in [0.3, 0.4) is 0 Å². The minimum Gasteiger partial charge on any atom is -0.491 e. The molecule has 3 heterocycles. The van der Waals surface area contributed by atoms with E-state index in [2.05, 4.69) is 15.3 Å². The van der Waals surface area contributed by atoms with E-state index < -0.39 is 70.2 Å². The fraction of sp³-hybridized carbons (Fsp3) is 0.509. The monoisotopic (exact) mass is 1080 g/mol. The fourth-order valence-electron chi connectivity index (χ4n) is 8.85. The number of Topliss-reactive ketones (excluding diaryl/α,β-unsaturated/α-hetero) is 1. The Hall–Kier alpha value is -6.74. The maximum absolute atomic E-state index is 13.9. The molecule has 2 saturated heterocycles. The van der Waals surface area contributed by atoms with Crippen LogP contribution in [0, 0.1) is 23.7 Å². The SMILES string of the molecule is Cc1[nH]cnc1-c1ccc(CCC(=O)[C@@H]2C[C@@H](O)CN2C(=O)[C@@H](NC(=O)COCCOCCOCCCOCCOCCOc2ccc(N3C(=O)N(c4ccc(C#N)c(C(F)(F)F)c4)C(=O)C3(C)C)cc2)C(C)(C)C)cc1. The summed E-state index contributed by atoms with van der Waals surface area (Å²) in [4.78, 5) is 78.0. The van der Waals surface area contributed by atoms with Gasteiger partial charge in [0.1, 0.15) is 30.5 Å². The molecule has 0 unspecified atom stereocenters. The van der Waals surface area contributed by atoms with Crippen molar-refractivity contribution in [3.63, 3.8) is 0 Å². The van der Waals surface area contributed by atoms with Crippen LogP contribution in [-0.4, -0.2) is 152 Å². The second-order valence-electron chi connectivity index (χ2n) is 20.2. The van der Waals surface area contributed by atoms with Crippen LogP contribution in [-0.2, 0) is 55.5 Å². The van der Waals surface area contributed by atoms with Gasteiger partial charge in [0.2, 0.25) is 11.8 Å². The zero-order chi connectivity index (χ0) is 55.9. The molecule has 4 aromatic rings. The molecule has 22 heteroatoms. The molecule has 0 saturated carbocycles. The number of alkyl halides is 3. The average Bonchev–Trinajstić information content (AvgIpc) is 4.06. The number of amides is 5. The van der Waals surface area contributed by atoms with Crippen LogP contribution in [0.2, 0.25) is 0 Å². The number of urea groups is 1. The fourth-order valence-corrected chi connectivity index (χ4v) is 8.85. The number of aliphatic hydroxyl groups is 1. The summed E-state index contributed by atoms with van der Waals surface area (Å²) in [6, 6.07) is 15.7. The lowest BCUT2D eigenvalue weighted by atomic mass is 9.85. The number of ketones is 1. The van der Waals surface area contributed by atoms with E-state index in [1.54, 1.807) is 30.6 Å². The van der Waals surface area contributed by atoms with Gasteiger partial charge in [0, 0.05) is 49.5 Å². The Balaban J connectivity index is 0.774. The number of nitrogens with zero attached hydrogens (tertiary/aromatic N) is 5. The molecule has 2 aliphatic heterocycles. The number of likely N-dealkylation sites (tertiary alicyclic amines) is 1. The lowest BCUT2D eigenvalue weighted by Crippen LogP contribution is -2.57. The van der Waals surface area contributed by atoms with E-state index in [1.165, 1.54) is 29.7 Å². The third-order valence-electron chi connectivity index (χ3n) is 12.9. The predicted octanol–water partition coefficient (Wildman–Crippen LogP) is 6.57. The van der Waals surface area contributed by atoms with Crippen molar-refractivity contribution in [1.82, 2.24) is 20.2 Å². The van der Waals surface area contributed by atoms with E-state index in [0.717, 1.165) is 34.6 Å². The molecule has 1 aromatic heterocycles. The number of benzene rings is 3. The van der Waals surface area contributed by atoms with Crippen molar-refractivity contribution >= 4 is 40.9 Å². The molecule has 3 N–H and O–H groups in total. The van der Waals surface area contributed by atoms with Crippen LogP contribution < -0.4 is 19.9 Å². The van der Waals surface area contributed by atoms with E-state index in [-0.39, 0.29) is 63.9 Å². The number of aliphatic hydroxyl groups excluding tert-OH is 1. The first-order valence-electron chi connectivity index (χ1n) is 25.4. The highest BCUT2D eigenvalue weighted by atomic mass is 19.4. The highest BCUT2D eigenvalue weighted by Crippen LogP contribution is 2.40. The Labute approximate surface area is 445 Å². The molecule has 5 amide bonds. The molecular formula is C55H68F3N7O12. The molecule has 19 nitrogen and oxygen atoms in total. The van der Waals surface area contributed by atoms with Gasteiger partial charge >= 0.3 is 12.2 Å². The summed E-state index contributed by atoms with van der Waals surface area (Å²) in [5.41, 5.74) is -0.237. The highest BCUT2D eigenvalue weighted by Gasteiger charge is 2.53. The number of hydrogen-bond donors (Lipinski definition) is 3. The number of nitrogens with one attached hydrogen (secondary N) is 2. The van der Waals surface area contributed by atoms with Crippen LogP contribution in [0.4, 0.5) is 29.3 Å². The number of imide groups is 1. The Kier molecular flexibility index (Phi) is 20.9. The number of aryl methyl sites for hydroxylation is 2. The predicted molar refractivity (Wildman–Crippen MR) is 276 cm³/mol. The molecule has 2 aliphatic rings. The smallest absolute Gasteiger partial charge is 0.417 e. The van der Waals surface area contributed by atoms with Gasteiger partial charge in [-0.1, -0.05) is 45.0 Å². The average molecular weight is 1080 g/mol. The molecule has 3 aromatic carbocycles. The molecule has 2 fully saturated rings. The number of anilines is 2. The number of carbonyl (C=O) groups excluding carboxylic acids is 5. The number of carbonyl (C=O) groups is 5. The van der Waals surface area contributed by atoms with Gasteiger partial charge in [-0.25, -0.2) is 14.7 Å². The van der Waals surface area contributed by atoms with E-state index in [4.69, 9.17) is 33.7 Å². The van der Waals surface area contributed by atoms with E-state index in [1.807, 2.05) is 52.0 Å². The number of hydrogen-bond acceptors (Lipinski definition) is 14. The van der Waals surface area contributed by atoms with E-state index in [0.29, 0.717) is 74.9 Å². The molecule has 0 radical (unpaired) electrons. The van der Waals surface area contributed by atoms with Crippen LogP contribution in [0.5, 0.6) is 5.75 Å². The molecule has 0 spiro atoms. The number of ether oxygens (including phenoxy) is 6. The number of β-amino-alcohol motifs (C(OH)–C–C–N with tert-alkyl or cyclic N) is 1. The maximum Gasteiger partial charge on any atom is 0.417 e. The van der Waals surface area contributed by atoms with Crippen LogP contribution in [0.15, 0.2) is 73.1 Å². The summed E-state index contributed by atoms with van der Waals surface area (Å²) in [6.07, 6.45) is -2.64. The quantitative estimate of drug-likeness (QED) is 0.0403. The summed E-state index contributed by atoms with van der Waals surface area (Å²) < 4.78 is 74.5. The van der Waals surface area contributed by atoms with Crippen LogP contribution in [0.25, 0.3) is 11.3 Å². The van der Waals surface area contributed by atoms with E-state index in [9.17, 15) is 42.3 Å². The number of nitriles is 1. The molecule has 77 heavy (non-hydrogen) atoms. The number of aromatic nitrogens is 2. The lowest BCUT2D eigenvalue weighted by molar-refractivity contribution is -0.144. The van der Waals surface area contributed by atoms with Gasteiger partial charge in [0.05, 0.1) is 93.3 Å². The van der Waals surface area contributed by atoms with Crippen molar-refractivity contribution in [3.05, 3.63) is 95.4 Å². The van der Waals surface area contributed by atoms with Gasteiger partial charge in [-0.15, -0.1) is 0 Å². The summed E-state index contributed by atoms with van der Waals surface area (Å²) in [6.45, 7) is 13.1. The second kappa shape index (κ2) is 27.0. The first-order chi connectivity index (χ1) is 36.6. The zero-order valence-electron chi connectivity index (χ0n) is 44.3. The van der Waals surface area contributed by atoms with Gasteiger partial charge in [0.15, 0.2) is 5.78 Å². The summed E-state index contributed by atoms with van der Waals surface area (Å²) in [7, 11) is 0. The van der Waals surface area contributed by atoms with Crippen molar-refractivity contribution in [3.8, 4) is 23.1 Å². The Morgan fingerprint density at radius 3 is 2.04 bits per heavy atom. The van der Waals surface area contributed by atoms with Gasteiger partial charge in [-0.2, -0.15) is 18.4 Å². The third kappa shape index (κ3) is 15.9. The number of rotatable bonds is 28. The summed E-state index contributed by atoms with van der Waals surface area (Å²) in [5, 5.41) is 22.5. The number of imidazole rings is 1. The molecule has 0 aliphatic carbocycles. The molecule has 6 rings (SSSR count). The van der Waals surface area contributed by atoms with Crippen molar-refractivity contribution in [2.45, 2.75) is 97.1 Å². The Bertz CT molecular complexity index is 2690. The first-order valence-corrected chi connectivity index (χ1v) is 25.4. The number of aromatic amines is 1. The van der Waals surface area contributed by atoms with Gasteiger partial charge in [0.25, 0.3) is 5.91 Å². The first kappa shape index (κ1) is 59.5. The normalized spacial score (nSPS) is 17.0. The molecule has 3 atom stereocenters. The topological polar surface area (TPSA) is 235 Å². The minimum absolute atomic E-state index is 0.00297. The van der Waals surface area contributed by atoms with Gasteiger partial charge in [-0.05, 0) is 87.1 Å². The summed E-state index contributed by atoms with van der Waals surface area (Å²) in [5.74, 6) is -1.35. The van der Waals surface area contributed by atoms with Crippen molar-refractivity contribution in [1.29, 1.82) is 5.26 Å². The van der Waals surface area contributed by atoms with Gasteiger partial charge in [-0.3, -0.25) is 24.1 Å². The third-order valence-corrected chi connectivity index (χ3v) is 12.9. The van der Waals surface area contributed by atoms with E-state index >= 15 is 0 Å². The molecular weight excluding hydrogens is 1010 g/mol. The highest BCUT2D eigenvalue weighted by molar-refractivity contribution is 6.30. The van der Waals surface area contributed by atoms with Crippen molar-refractivity contribution in [2.24, 2.45) is 5.41 Å². The molecule has 416 valence electrons. The minimum atomic E-state index is -4.87. The second-order valence-corrected chi connectivity index (χ2v) is 20.2. The standard InChI is InChI=1S/C55H68F3N7O12/c1-36-48(61-35-60-36)38-11-8-37(9-12-38)10-19-46(67)45-31-42(66)33-63(45)50(69)49(53(2,3)4)62-47(68)34-76-27-26-74-24-22-72-20-7-21-73-23-25-75-28-29-77-43-17-15-40(16-18-43)65-52(71)64(51(70)54(65,5)6)41-14-13-39(32-59)44(30-41)55(56,57)58/h8-9,11-18,30,35,42,45,49,66H,7,10,19-29,31,33-34H2,1-6H3,(H,60,61)(H,62,68)/t42-,45+,49-/m1/s1. The van der Waals surface area contributed by atoms with Crippen molar-refractivity contribution < 1.29 is 70.7 Å². The van der Waals surface area contributed by atoms with Crippen LogP contribution >= 0.6 is 0 Å². The molecule has 0 bridgehead atoms. The number of H-pyrrole nitrogens is 1. The Morgan fingerprint density at radius 2 is 1.45 bits per heavy atom. The summed E-state index contributed by atoms with van der Waals surface area (Å²) >= 11 is 0. The largest absolute Gasteiger partial charge is 0.491 e. The number of halogens is 3. The van der Waals surface area contributed by atoms with Crippen LogP contribution in [0.1, 0.15) is 76.3 Å². The zero-order valence-corrected chi connectivity index (χ0v) is 44.3. The Morgan fingerprint density at radius 1 is 0.857 bits per heavy atom. The maximum atomic E-state index is 13.9. The van der Waals surface area contributed by atoms with Gasteiger partial charge < -0.3 is 48.7 Å².